The lowest BCUT2D eigenvalue weighted by Crippen LogP contribution is -2.10. The zero-order valence-electron chi connectivity index (χ0n) is 10.5. The third-order valence-corrected chi connectivity index (χ3v) is 3.75. The van der Waals surface area contributed by atoms with Gasteiger partial charge in [-0.2, -0.15) is 0 Å². The number of aromatic amines is 1. The molecule has 106 valence electrons. The first-order valence-corrected chi connectivity index (χ1v) is 6.71. The maximum Gasteiger partial charge on any atom is 0.262 e. The molecule has 0 aliphatic rings. The lowest BCUT2D eigenvalue weighted by atomic mass is 10.1. The van der Waals surface area contributed by atoms with Crippen LogP contribution in [0, 0.1) is 0 Å². The molecular weight excluding hydrogens is 340 g/mol. The molecule has 6 nitrogen and oxygen atoms in total. The van der Waals surface area contributed by atoms with Crippen molar-refractivity contribution in [2.24, 2.45) is 0 Å². The van der Waals surface area contributed by atoms with E-state index in [9.17, 15) is 20.1 Å². The van der Waals surface area contributed by atoms with Crippen molar-refractivity contribution in [1.29, 1.82) is 0 Å². The van der Waals surface area contributed by atoms with Gasteiger partial charge in [0.25, 0.3) is 5.56 Å². The number of fused-ring (bicyclic) bond motifs is 1. The Morgan fingerprint density at radius 1 is 1.10 bits per heavy atom. The number of aromatic hydroxyl groups is 3. The minimum atomic E-state index is -0.747. The van der Waals surface area contributed by atoms with Gasteiger partial charge in [0, 0.05) is 16.1 Å². The van der Waals surface area contributed by atoms with E-state index < -0.39 is 22.8 Å². The van der Waals surface area contributed by atoms with E-state index in [0.29, 0.717) is 5.56 Å². The molecule has 0 radical (unpaired) electrons. The van der Waals surface area contributed by atoms with E-state index in [0.717, 1.165) is 10.5 Å². The summed E-state index contributed by atoms with van der Waals surface area (Å²) in [5, 5.41) is 28.6. The monoisotopic (exact) mass is 348 g/mol. The molecule has 3 aromatic rings. The maximum atomic E-state index is 12.1. The van der Waals surface area contributed by atoms with Crippen LogP contribution in [0.25, 0.3) is 22.3 Å². The standard InChI is InChI=1S/C14H9BrN2O4/c15-7-4-2-1-3-6(7)13-16-8-5-9(18)11(19)12(20)10(8)14(21)17-13/h1-5,18-20H,(H,16,17,21). The summed E-state index contributed by atoms with van der Waals surface area (Å²) in [6, 6.07) is 8.29. The van der Waals surface area contributed by atoms with Gasteiger partial charge in [-0.1, -0.05) is 34.1 Å². The average Bonchev–Trinajstić information content (AvgIpc) is 2.44. The van der Waals surface area contributed by atoms with Crippen LogP contribution < -0.4 is 5.56 Å². The van der Waals surface area contributed by atoms with Gasteiger partial charge < -0.3 is 20.3 Å². The first-order valence-electron chi connectivity index (χ1n) is 5.92. The van der Waals surface area contributed by atoms with Crippen molar-refractivity contribution in [1.82, 2.24) is 9.97 Å². The Morgan fingerprint density at radius 2 is 1.81 bits per heavy atom. The van der Waals surface area contributed by atoms with Gasteiger partial charge in [0.1, 0.15) is 11.2 Å². The summed E-state index contributed by atoms with van der Waals surface area (Å²) in [5.74, 6) is -1.71. The first kappa shape index (κ1) is 13.4. The van der Waals surface area contributed by atoms with Crippen LogP contribution in [0.1, 0.15) is 0 Å². The molecule has 21 heavy (non-hydrogen) atoms. The lowest BCUT2D eigenvalue weighted by Gasteiger charge is -2.08. The topological polar surface area (TPSA) is 106 Å². The van der Waals surface area contributed by atoms with E-state index in [1.165, 1.54) is 0 Å². The summed E-state index contributed by atoms with van der Waals surface area (Å²) in [5.41, 5.74) is 0.124. The van der Waals surface area contributed by atoms with Crippen molar-refractivity contribution in [2.75, 3.05) is 0 Å². The van der Waals surface area contributed by atoms with Crippen LogP contribution in [0.5, 0.6) is 17.2 Å². The highest BCUT2D eigenvalue weighted by molar-refractivity contribution is 9.10. The molecule has 4 N–H and O–H groups in total. The number of phenols is 3. The van der Waals surface area contributed by atoms with Crippen LogP contribution in [0.3, 0.4) is 0 Å². The maximum absolute atomic E-state index is 12.1. The minimum Gasteiger partial charge on any atom is -0.504 e. The lowest BCUT2D eigenvalue weighted by molar-refractivity contribution is 0.371. The first-order chi connectivity index (χ1) is 9.99. The molecule has 3 rings (SSSR count). The Kier molecular flexibility index (Phi) is 3.06. The molecular formula is C14H9BrN2O4. The van der Waals surface area contributed by atoms with E-state index in [1.807, 2.05) is 6.07 Å². The van der Waals surface area contributed by atoms with E-state index in [4.69, 9.17) is 0 Å². The molecule has 0 spiro atoms. The molecule has 0 amide bonds. The Labute approximate surface area is 126 Å². The minimum absolute atomic E-state index is 0.0808. The van der Waals surface area contributed by atoms with Crippen molar-refractivity contribution in [2.45, 2.75) is 0 Å². The molecule has 7 heteroatoms. The molecule has 0 saturated carbocycles. The van der Waals surface area contributed by atoms with Crippen molar-refractivity contribution in [3.05, 3.63) is 45.2 Å². The number of halogens is 1. The molecule has 0 unspecified atom stereocenters. The number of H-pyrrole nitrogens is 1. The van der Waals surface area contributed by atoms with Gasteiger partial charge in [0.15, 0.2) is 11.5 Å². The molecule has 1 heterocycles. The third kappa shape index (κ3) is 2.11. The number of nitrogens with one attached hydrogen (secondary N) is 1. The van der Waals surface area contributed by atoms with Gasteiger partial charge in [-0.15, -0.1) is 0 Å². The number of rotatable bonds is 1. The second kappa shape index (κ2) is 4.78. The van der Waals surface area contributed by atoms with Crippen LogP contribution in [-0.2, 0) is 0 Å². The van der Waals surface area contributed by atoms with E-state index in [-0.39, 0.29) is 16.7 Å². The fourth-order valence-electron chi connectivity index (χ4n) is 2.04. The number of nitrogens with zero attached hydrogens (tertiary/aromatic N) is 1. The summed E-state index contributed by atoms with van der Waals surface area (Å²) >= 11 is 3.36. The highest BCUT2D eigenvalue weighted by atomic mass is 79.9. The summed E-state index contributed by atoms with van der Waals surface area (Å²) in [4.78, 5) is 18.9. The van der Waals surface area contributed by atoms with E-state index in [2.05, 4.69) is 25.9 Å². The van der Waals surface area contributed by atoms with Gasteiger partial charge in [-0.05, 0) is 6.07 Å². The van der Waals surface area contributed by atoms with Gasteiger partial charge >= 0.3 is 0 Å². The fraction of sp³-hybridized carbons (Fsp3) is 0. The Hall–Kier alpha value is -2.54. The van der Waals surface area contributed by atoms with E-state index in [1.54, 1.807) is 18.2 Å². The van der Waals surface area contributed by atoms with Gasteiger partial charge in [-0.3, -0.25) is 4.79 Å². The van der Waals surface area contributed by atoms with Crippen molar-refractivity contribution < 1.29 is 15.3 Å². The van der Waals surface area contributed by atoms with Gasteiger partial charge in [0.05, 0.1) is 5.52 Å². The second-order valence-electron chi connectivity index (χ2n) is 4.38. The zero-order valence-corrected chi connectivity index (χ0v) is 12.0. The molecule has 0 bridgehead atoms. The number of phenolic OH excluding ortho intramolecular Hbond substituents is 3. The smallest absolute Gasteiger partial charge is 0.262 e. The van der Waals surface area contributed by atoms with Crippen LogP contribution in [0.15, 0.2) is 39.6 Å². The number of benzene rings is 2. The average molecular weight is 349 g/mol. The van der Waals surface area contributed by atoms with Crippen LogP contribution >= 0.6 is 15.9 Å². The highest BCUT2D eigenvalue weighted by Gasteiger charge is 2.17. The zero-order chi connectivity index (χ0) is 15.1. The predicted molar refractivity (Wildman–Crippen MR) is 80.5 cm³/mol. The molecule has 0 atom stereocenters. The predicted octanol–water partition coefficient (Wildman–Crippen LogP) is 2.47. The van der Waals surface area contributed by atoms with Crippen LogP contribution in [0.2, 0.25) is 0 Å². The third-order valence-electron chi connectivity index (χ3n) is 3.05. The van der Waals surface area contributed by atoms with Crippen LogP contribution in [0.4, 0.5) is 0 Å². The van der Waals surface area contributed by atoms with Gasteiger partial charge in [-0.25, -0.2) is 4.98 Å². The van der Waals surface area contributed by atoms with Crippen molar-refractivity contribution in [3.63, 3.8) is 0 Å². The largest absolute Gasteiger partial charge is 0.504 e. The molecule has 0 saturated heterocycles. The number of hydrogen-bond donors (Lipinski definition) is 4. The molecule has 0 aliphatic carbocycles. The summed E-state index contributed by atoms with van der Waals surface area (Å²) < 4.78 is 0.736. The summed E-state index contributed by atoms with van der Waals surface area (Å²) in [6.45, 7) is 0. The quantitative estimate of drug-likeness (QED) is 0.505. The normalized spacial score (nSPS) is 10.9. The van der Waals surface area contributed by atoms with Crippen molar-refractivity contribution in [3.8, 4) is 28.6 Å². The highest BCUT2D eigenvalue weighted by Crippen LogP contribution is 2.39. The molecule has 0 fully saturated rings. The number of aromatic nitrogens is 2. The fourth-order valence-corrected chi connectivity index (χ4v) is 2.51. The number of hydrogen-bond acceptors (Lipinski definition) is 5. The van der Waals surface area contributed by atoms with Crippen molar-refractivity contribution >= 4 is 26.8 Å². The molecule has 1 aromatic heterocycles. The Bertz CT molecular complexity index is 921. The van der Waals surface area contributed by atoms with Crippen LogP contribution in [-0.4, -0.2) is 25.3 Å². The SMILES string of the molecule is O=c1[nH]c(-c2ccccc2Br)nc2cc(O)c(O)c(O)c12. The Morgan fingerprint density at radius 3 is 2.52 bits per heavy atom. The van der Waals surface area contributed by atoms with Gasteiger partial charge in [0.2, 0.25) is 5.75 Å². The second-order valence-corrected chi connectivity index (χ2v) is 5.24. The molecule has 2 aromatic carbocycles. The summed E-state index contributed by atoms with van der Waals surface area (Å²) in [6.07, 6.45) is 0. The van der Waals surface area contributed by atoms with E-state index >= 15 is 0 Å². The Balaban J connectivity index is 2.38. The molecule has 0 aliphatic heterocycles. The summed E-state index contributed by atoms with van der Waals surface area (Å²) in [7, 11) is 0.